The van der Waals surface area contributed by atoms with Gasteiger partial charge in [-0.1, -0.05) is 311 Å². The van der Waals surface area contributed by atoms with Crippen LogP contribution in [0.1, 0.15) is 363 Å². The average molecular weight is 1330 g/mol. The minimum Gasteiger partial charge on any atom is -0.462 e. The molecule has 0 amide bonds. The largest absolute Gasteiger partial charge is 0.472 e. The molecule has 90 heavy (non-hydrogen) atoms. The first-order valence-corrected chi connectivity index (χ1v) is 40.0. The summed E-state index contributed by atoms with van der Waals surface area (Å²) >= 11 is 0. The first-order valence-electron chi connectivity index (χ1n) is 37.0. The number of carbonyl (C=O) groups is 4. The van der Waals surface area contributed by atoms with Crippen LogP contribution < -0.4 is 0 Å². The highest BCUT2D eigenvalue weighted by molar-refractivity contribution is 7.47. The minimum atomic E-state index is -4.95. The molecule has 0 saturated heterocycles. The second-order valence-corrected chi connectivity index (χ2v) is 29.3. The van der Waals surface area contributed by atoms with E-state index in [1.54, 1.807) is 0 Å². The van der Waals surface area contributed by atoms with Gasteiger partial charge >= 0.3 is 39.5 Å². The molecule has 0 rings (SSSR count). The number of ether oxygens (including phenoxy) is 4. The van der Waals surface area contributed by atoms with Crippen LogP contribution in [-0.4, -0.2) is 96.7 Å². The van der Waals surface area contributed by atoms with Crippen molar-refractivity contribution in [2.24, 2.45) is 11.8 Å². The molecule has 6 atom stereocenters. The Morgan fingerprint density at radius 2 is 0.567 bits per heavy atom. The molecule has 0 bridgehead atoms. The summed E-state index contributed by atoms with van der Waals surface area (Å²) in [6.45, 7) is 9.47. The van der Waals surface area contributed by atoms with Gasteiger partial charge in [-0.25, -0.2) is 9.13 Å². The normalized spacial score (nSPS) is 14.4. The first-order chi connectivity index (χ1) is 43.4. The SMILES string of the molecule is CCCCCCCCCCCCCCCCCCC(=O)O[C@H](COC(=O)CCCCCCCCCCCCCCC)COP(=O)(O)OC[C@@H](O)COP(=O)(O)OC[C@@H](COC(=O)CCCCCCCCC(C)C)OC(=O)CCCCCCCCCCC(C)CC. The Bertz CT molecular complexity index is 1750. The average Bonchev–Trinajstić information content (AvgIpc) is 3.20. The highest BCUT2D eigenvalue weighted by atomic mass is 31.2. The fourth-order valence-electron chi connectivity index (χ4n) is 10.7. The van der Waals surface area contributed by atoms with Crippen molar-refractivity contribution in [2.45, 2.75) is 381 Å². The van der Waals surface area contributed by atoms with Crippen molar-refractivity contribution in [3.05, 3.63) is 0 Å². The third-order valence-corrected chi connectivity index (χ3v) is 18.7. The van der Waals surface area contributed by atoms with Crippen molar-refractivity contribution in [3.63, 3.8) is 0 Å². The molecule has 0 radical (unpaired) electrons. The maximum Gasteiger partial charge on any atom is 0.472 e. The lowest BCUT2D eigenvalue weighted by Crippen LogP contribution is -2.30. The number of esters is 4. The monoisotopic (exact) mass is 1320 g/mol. The number of aliphatic hydroxyl groups is 1. The van der Waals surface area contributed by atoms with Crippen LogP contribution in [0.15, 0.2) is 0 Å². The second kappa shape index (κ2) is 63.1. The fourth-order valence-corrected chi connectivity index (χ4v) is 12.3. The molecule has 0 aromatic carbocycles. The molecule has 17 nitrogen and oxygen atoms in total. The highest BCUT2D eigenvalue weighted by Gasteiger charge is 2.30. The van der Waals surface area contributed by atoms with E-state index >= 15 is 0 Å². The van der Waals surface area contributed by atoms with E-state index in [0.717, 1.165) is 102 Å². The molecule has 0 aliphatic heterocycles. The summed E-state index contributed by atoms with van der Waals surface area (Å²) in [6.07, 6.45) is 48.6. The van der Waals surface area contributed by atoms with E-state index in [-0.39, 0.29) is 25.7 Å². The smallest absolute Gasteiger partial charge is 0.462 e. The van der Waals surface area contributed by atoms with Crippen LogP contribution in [0.25, 0.3) is 0 Å². The summed E-state index contributed by atoms with van der Waals surface area (Å²) < 4.78 is 68.3. The zero-order valence-electron chi connectivity index (χ0n) is 58.4. The van der Waals surface area contributed by atoms with E-state index in [1.807, 2.05) is 0 Å². The van der Waals surface area contributed by atoms with Crippen molar-refractivity contribution in [1.82, 2.24) is 0 Å². The molecule has 534 valence electrons. The summed E-state index contributed by atoms with van der Waals surface area (Å²) in [4.78, 5) is 72.6. The molecular formula is C71H138O17P2. The van der Waals surface area contributed by atoms with Gasteiger partial charge in [-0.3, -0.25) is 37.3 Å². The van der Waals surface area contributed by atoms with Gasteiger partial charge in [0.2, 0.25) is 0 Å². The van der Waals surface area contributed by atoms with Gasteiger partial charge in [-0.05, 0) is 37.5 Å². The first kappa shape index (κ1) is 88.1. The van der Waals surface area contributed by atoms with Crippen molar-refractivity contribution in [2.75, 3.05) is 39.6 Å². The molecule has 3 unspecified atom stereocenters. The van der Waals surface area contributed by atoms with E-state index in [2.05, 4.69) is 41.5 Å². The van der Waals surface area contributed by atoms with Crippen molar-refractivity contribution in [3.8, 4) is 0 Å². The molecule has 0 aromatic heterocycles. The third-order valence-electron chi connectivity index (χ3n) is 16.8. The van der Waals surface area contributed by atoms with Crippen molar-refractivity contribution < 1.29 is 80.2 Å². The van der Waals surface area contributed by atoms with Gasteiger partial charge < -0.3 is 33.8 Å². The summed E-state index contributed by atoms with van der Waals surface area (Å²) in [6, 6.07) is 0. The predicted molar refractivity (Wildman–Crippen MR) is 363 cm³/mol. The van der Waals surface area contributed by atoms with Crippen LogP contribution in [-0.2, 0) is 65.4 Å². The van der Waals surface area contributed by atoms with E-state index in [9.17, 15) is 43.2 Å². The van der Waals surface area contributed by atoms with E-state index in [0.29, 0.717) is 31.6 Å². The van der Waals surface area contributed by atoms with Crippen LogP contribution in [0.4, 0.5) is 0 Å². The summed E-state index contributed by atoms with van der Waals surface area (Å²) in [7, 11) is -9.90. The van der Waals surface area contributed by atoms with Gasteiger partial charge in [0.05, 0.1) is 26.4 Å². The molecule has 0 spiro atoms. The fraction of sp³-hybridized carbons (Fsp3) is 0.944. The lowest BCUT2D eigenvalue weighted by atomic mass is 9.99. The lowest BCUT2D eigenvalue weighted by Gasteiger charge is -2.21. The van der Waals surface area contributed by atoms with Crippen molar-refractivity contribution in [1.29, 1.82) is 0 Å². The van der Waals surface area contributed by atoms with Gasteiger partial charge in [-0.15, -0.1) is 0 Å². The molecule has 0 aromatic rings. The maximum absolute atomic E-state index is 13.0. The lowest BCUT2D eigenvalue weighted by molar-refractivity contribution is -0.161. The molecular weight excluding hydrogens is 1190 g/mol. The Hall–Kier alpha value is -1.94. The van der Waals surface area contributed by atoms with Crippen LogP contribution in [0.2, 0.25) is 0 Å². The number of rotatable bonds is 70. The van der Waals surface area contributed by atoms with E-state index in [1.165, 1.54) is 173 Å². The zero-order chi connectivity index (χ0) is 66.5. The van der Waals surface area contributed by atoms with Crippen LogP contribution in [0, 0.1) is 11.8 Å². The topological polar surface area (TPSA) is 237 Å². The Balaban J connectivity index is 5.24. The number of phosphoric ester groups is 2. The molecule has 19 heteroatoms. The Morgan fingerprint density at radius 3 is 0.844 bits per heavy atom. The van der Waals surface area contributed by atoms with Gasteiger partial charge in [0.15, 0.2) is 12.2 Å². The quantitative estimate of drug-likeness (QED) is 0.0222. The minimum absolute atomic E-state index is 0.104. The molecule has 0 fully saturated rings. The number of aliphatic hydroxyl groups excluding tert-OH is 1. The molecule has 0 aliphatic rings. The van der Waals surface area contributed by atoms with Crippen LogP contribution >= 0.6 is 15.6 Å². The molecule has 0 aliphatic carbocycles. The Morgan fingerprint density at radius 1 is 0.322 bits per heavy atom. The maximum atomic E-state index is 13.0. The highest BCUT2D eigenvalue weighted by Crippen LogP contribution is 2.45. The van der Waals surface area contributed by atoms with Crippen LogP contribution in [0.3, 0.4) is 0 Å². The van der Waals surface area contributed by atoms with E-state index < -0.39 is 97.5 Å². The van der Waals surface area contributed by atoms with E-state index in [4.69, 9.17) is 37.0 Å². The summed E-state index contributed by atoms with van der Waals surface area (Å²) in [5.41, 5.74) is 0. The zero-order valence-corrected chi connectivity index (χ0v) is 60.2. The third kappa shape index (κ3) is 63.5. The second-order valence-electron chi connectivity index (χ2n) is 26.3. The number of unbranched alkanes of at least 4 members (excludes halogenated alkanes) is 39. The number of hydrogen-bond donors (Lipinski definition) is 3. The number of phosphoric acid groups is 2. The van der Waals surface area contributed by atoms with Gasteiger partial charge in [0.25, 0.3) is 0 Å². The number of carbonyl (C=O) groups excluding carboxylic acids is 4. The van der Waals surface area contributed by atoms with Gasteiger partial charge in [0, 0.05) is 25.7 Å². The molecule has 0 heterocycles. The van der Waals surface area contributed by atoms with Gasteiger partial charge in [0.1, 0.15) is 19.3 Å². The molecule has 3 N–H and O–H groups in total. The number of hydrogen-bond acceptors (Lipinski definition) is 15. The molecule has 0 saturated carbocycles. The Kier molecular flexibility index (Phi) is 61.8. The predicted octanol–water partition coefficient (Wildman–Crippen LogP) is 20.4. The summed E-state index contributed by atoms with van der Waals surface area (Å²) in [5, 5.41) is 10.6. The van der Waals surface area contributed by atoms with Crippen LogP contribution in [0.5, 0.6) is 0 Å². The van der Waals surface area contributed by atoms with Crippen molar-refractivity contribution >= 4 is 39.5 Å². The standard InChI is InChI=1S/C71H138O17P2/c1-7-10-12-14-16-18-20-22-23-24-26-28-30-35-43-49-55-70(75)87-66(59-81-68(73)53-47-41-34-29-27-25-21-19-17-15-13-11-8-2)61-85-89(77,78)83-57-65(72)58-84-90(79,80)86-62-67(60-82-69(74)54-48-42-38-37-39-45-51-63(4)5)88-71(76)56-50-44-36-32-31-33-40-46-52-64(6)9-3/h63-67,72H,7-62H2,1-6H3,(H,77,78)(H,79,80)/t64?,65-,66-,67-/m1/s1. The van der Waals surface area contributed by atoms with Gasteiger partial charge in [-0.2, -0.15) is 0 Å². The Labute approximate surface area is 549 Å². The summed E-state index contributed by atoms with van der Waals surface area (Å²) in [5.74, 6) is -0.675.